The minimum atomic E-state index is -0.458. The Balaban J connectivity index is 1.45. The summed E-state index contributed by atoms with van der Waals surface area (Å²) in [4.78, 5) is 0. The van der Waals surface area contributed by atoms with Crippen molar-refractivity contribution in [2.45, 2.75) is 44.9 Å². The molecule has 0 aromatic heterocycles. The van der Waals surface area contributed by atoms with Crippen molar-refractivity contribution in [3.05, 3.63) is 59.1 Å². The van der Waals surface area contributed by atoms with Crippen molar-refractivity contribution >= 4 is 0 Å². The van der Waals surface area contributed by atoms with Crippen LogP contribution in [0.2, 0.25) is 0 Å². The van der Waals surface area contributed by atoms with Gasteiger partial charge in [0, 0.05) is 25.2 Å². The number of unbranched alkanes of at least 4 members (excludes halogenated alkanes) is 3. The van der Waals surface area contributed by atoms with Gasteiger partial charge in [-0.25, -0.2) is 4.39 Å². The first-order chi connectivity index (χ1) is 14.6. The van der Waals surface area contributed by atoms with Crippen LogP contribution in [-0.4, -0.2) is 54.8 Å². The van der Waals surface area contributed by atoms with Gasteiger partial charge in [-0.05, 0) is 61.9 Å². The van der Waals surface area contributed by atoms with E-state index in [1.165, 1.54) is 6.07 Å². The van der Waals surface area contributed by atoms with Gasteiger partial charge in [0.05, 0.1) is 13.2 Å². The van der Waals surface area contributed by atoms with E-state index >= 15 is 0 Å². The van der Waals surface area contributed by atoms with Crippen molar-refractivity contribution in [2.75, 3.05) is 39.5 Å². The van der Waals surface area contributed by atoms with Gasteiger partial charge in [-0.1, -0.05) is 37.1 Å². The van der Waals surface area contributed by atoms with Crippen molar-refractivity contribution in [3.63, 3.8) is 0 Å². The van der Waals surface area contributed by atoms with E-state index in [0.29, 0.717) is 31.6 Å². The van der Waals surface area contributed by atoms with Gasteiger partial charge in [0.2, 0.25) is 0 Å². The number of nitrogens with one attached hydrogen (secondary N) is 1. The quantitative estimate of drug-likeness (QED) is 0.325. The Hall–Kier alpha value is -1.73. The molecule has 1 aromatic rings. The average molecular weight is 422 g/mol. The van der Waals surface area contributed by atoms with Crippen molar-refractivity contribution < 1.29 is 24.4 Å². The summed E-state index contributed by atoms with van der Waals surface area (Å²) < 4.78 is 19.1. The van der Waals surface area contributed by atoms with Crippen molar-refractivity contribution in [2.24, 2.45) is 5.41 Å². The zero-order chi connectivity index (χ0) is 21.7. The molecule has 168 valence electrons. The molecule has 4 N–H and O–H groups in total. The van der Waals surface area contributed by atoms with E-state index in [1.807, 2.05) is 18.2 Å². The SMILES string of the molecule is OCC1=C(O)C=CC(CO)(CNCCCCCCOCCCc2ccccc2F)C1. The Morgan fingerprint density at radius 3 is 2.57 bits per heavy atom. The third-order valence-electron chi connectivity index (χ3n) is 5.59. The first kappa shape index (κ1) is 24.5. The maximum absolute atomic E-state index is 13.5. The highest BCUT2D eigenvalue weighted by atomic mass is 19.1. The Kier molecular flexibility index (Phi) is 11.1. The zero-order valence-electron chi connectivity index (χ0n) is 17.8. The molecule has 0 fully saturated rings. The van der Waals surface area contributed by atoms with Gasteiger partial charge in [-0.15, -0.1) is 0 Å². The number of hydrogen-bond donors (Lipinski definition) is 4. The Morgan fingerprint density at radius 2 is 1.80 bits per heavy atom. The second kappa shape index (κ2) is 13.5. The van der Waals surface area contributed by atoms with Crippen LogP contribution < -0.4 is 5.32 Å². The van der Waals surface area contributed by atoms with E-state index in [4.69, 9.17) is 4.74 Å². The molecule has 1 aliphatic carbocycles. The normalized spacial score (nSPS) is 18.9. The summed E-state index contributed by atoms with van der Waals surface area (Å²) in [6.45, 7) is 2.66. The number of rotatable bonds is 15. The minimum absolute atomic E-state index is 0.0263. The number of ether oxygens (including phenoxy) is 1. The third-order valence-corrected chi connectivity index (χ3v) is 5.59. The molecule has 1 atom stereocenters. The summed E-state index contributed by atoms with van der Waals surface area (Å²) in [6, 6.07) is 6.88. The van der Waals surface area contributed by atoms with E-state index < -0.39 is 5.41 Å². The van der Waals surface area contributed by atoms with Gasteiger partial charge in [0.15, 0.2) is 0 Å². The molecule has 5 nitrogen and oxygen atoms in total. The predicted octanol–water partition coefficient (Wildman–Crippen LogP) is 3.67. The van der Waals surface area contributed by atoms with Crippen LogP contribution in [0.25, 0.3) is 0 Å². The van der Waals surface area contributed by atoms with Crippen LogP contribution in [0.5, 0.6) is 0 Å². The number of aliphatic hydroxyl groups is 3. The molecular weight excluding hydrogens is 385 g/mol. The van der Waals surface area contributed by atoms with Crippen LogP contribution in [-0.2, 0) is 11.2 Å². The lowest BCUT2D eigenvalue weighted by Gasteiger charge is -2.32. The number of aryl methyl sites for hydroxylation is 1. The van der Waals surface area contributed by atoms with Crippen molar-refractivity contribution in [3.8, 4) is 0 Å². The molecule has 1 aliphatic rings. The molecule has 0 spiro atoms. The molecule has 6 heteroatoms. The summed E-state index contributed by atoms with van der Waals surface area (Å²) >= 11 is 0. The highest BCUT2D eigenvalue weighted by molar-refractivity contribution is 5.29. The molecule has 2 rings (SSSR count). The molecule has 0 radical (unpaired) electrons. The van der Waals surface area contributed by atoms with E-state index in [1.54, 1.807) is 12.1 Å². The lowest BCUT2D eigenvalue weighted by Crippen LogP contribution is -2.38. The predicted molar refractivity (Wildman–Crippen MR) is 117 cm³/mol. The largest absolute Gasteiger partial charge is 0.508 e. The van der Waals surface area contributed by atoms with Crippen LogP contribution in [0.1, 0.15) is 44.1 Å². The van der Waals surface area contributed by atoms with Crippen LogP contribution >= 0.6 is 0 Å². The molecule has 1 aromatic carbocycles. The molecule has 0 amide bonds. The monoisotopic (exact) mass is 421 g/mol. The number of benzene rings is 1. The van der Waals surface area contributed by atoms with Gasteiger partial charge < -0.3 is 25.4 Å². The lowest BCUT2D eigenvalue weighted by molar-refractivity contribution is 0.127. The van der Waals surface area contributed by atoms with Gasteiger partial charge in [-0.2, -0.15) is 0 Å². The van der Waals surface area contributed by atoms with E-state index in [-0.39, 0.29) is 24.8 Å². The highest BCUT2D eigenvalue weighted by Crippen LogP contribution is 2.32. The Morgan fingerprint density at radius 1 is 1.03 bits per heavy atom. The topological polar surface area (TPSA) is 82.0 Å². The first-order valence-corrected chi connectivity index (χ1v) is 10.9. The minimum Gasteiger partial charge on any atom is -0.508 e. The second-order valence-corrected chi connectivity index (χ2v) is 8.08. The number of aliphatic hydroxyl groups excluding tert-OH is 3. The highest BCUT2D eigenvalue weighted by Gasteiger charge is 2.31. The number of allylic oxidation sites excluding steroid dienone is 1. The standard InChI is InChI=1S/C24H36FNO4/c25-22-10-4-3-8-20(22)9-7-15-30-14-6-2-1-5-13-26-18-24(19-28)12-11-23(29)21(16-24)17-27/h3-4,8,10-12,26-29H,1-2,5-7,9,13-19H2. The van der Waals surface area contributed by atoms with Gasteiger partial charge in [0.25, 0.3) is 0 Å². The molecule has 0 heterocycles. The molecule has 0 aliphatic heterocycles. The molecule has 0 saturated heterocycles. The first-order valence-electron chi connectivity index (χ1n) is 10.9. The molecule has 0 bridgehead atoms. The van der Waals surface area contributed by atoms with E-state index in [2.05, 4.69) is 5.32 Å². The van der Waals surface area contributed by atoms with Crippen LogP contribution in [0.3, 0.4) is 0 Å². The number of halogens is 1. The van der Waals surface area contributed by atoms with Crippen LogP contribution in [0.4, 0.5) is 4.39 Å². The Bertz CT molecular complexity index is 692. The van der Waals surface area contributed by atoms with Crippen LogP contribution in [0, 0.1) is 11.2 Å². The summed E-state index contributed by atoms with van der Waals surface area (Å²) in [5, 5.41) is 32.2. The lowest BCUT2D eigenvalue weighted by atomic mass is 9.78. The zero-order valence-corrected chi connectivity index (χ0v) is 17.8. The summed E-state index contributed by atoms with van der Waals surface area (Å²) in [6.07, 6.45) is 9.68. The fourth-order valence-electron chi connectivity index (χ4n) is 3.68. The Labute approximate surface area is 179 Å². The molecule has 1 unspecified atom stereocenters. The van der Waals surface area contributed by atoms with Gasteiger partial charge >= 0.3 is 0 Å². The second-order valence-electron chi connectivity index (χ2n) is 8.08. The summed E-state index contributed by atoms with van der Waals surface area (Å²) in [5.74, 6) is -0.0324. The maximum atomic E-state index is 13.5. The van der Waals surface area contributed by atoms with E-state index in [9.17, 15) is 19.7 Å². The van der Waals surface area contributed by atoms with Crippen molar-refractivity contribution in [1.82, 2.24) is 5.32 Å². The van der Waals surface area contributed by atoms with Gasteiger partial charge in [0.1, 0.15) is 11.6 Å². The smallest absolute Gasteiger partial charge is 0.126 e. The number of hydrogen-bond acceptors (Lipinski definition) is 5. The summed E-state index contributed by atoms with van der Waals surface area (Å²) in [5.41, 5.74) is 0.865. The molecule has 30 heavy (non-hydrogen) atoms. The summed E-state index contributed by atoms with van der Waals surface area (Å²) in [7, 11) is 0. The fourth-order valence-corrected chi connectivity index (χ4v) is 3.68. The van der Waals surface area contributed by atoms with Gasteiger partial charge in [-0.3, -0.25) is 0 Å². The third kappa shape index (κ3) is 8.19. The molecule has 0 saturated carbocycles. The molecular formula is C24H36FNO4. The van der Waals surface area contributed by atoms with E-state index in [0.717, 1.165) is 50.8 Å². The fraction of sp³-hybridized carbons (Fsp3) is 0.583. The average Bonchev–Trinajstić information content (AvgIpc) is 2.77. The maximum Gasteiger partial charge on any atom is 0.126 e. The van der Waals surface area contributed by atoms with Crippen LogP contribution in [0.15, 0.2) is 47.7 Å². The van der Waals surface area contributed by atoms with Crippen molar-refractivity contribution in [1.29, 1.82) is 0 Å².